The van der Waals surface area contributed by atoms with Crippen molar-refractivity contribution in [3.8, 4) is 0 Å². The lowest BCUT2D eigenvalue weighted by Crippen LogP contribution is -2.16. The largest absolute Gasteiger partial charge is 0.478 e. The van der Waals surface area contributed by atoms with Crippen molar-refractivity contribution >= 4 is 5.97 Å². The van der Waals surface area contributed by atoms with Gasteiger partial charge in [0.2, 0.25) is 0 Å². The van der Waals surface area contributed by atoms with Crippen LogP contribution < -0.4 is 0 Å². The molecule has 0 aliphatic carbocycles. The first-order chi connectivity index (χ1) is 8.56. The van der Waals surface area contributed by atoms with E-state index < -0.39 is 5.97 Å². The molecule has 0 spiro atoms. The Balaban J connectivity index is 1.96. The zero-order valence-corrected chi connectivity index (χ0v) is 10.3. The predicted molar refractivity (Wildman–Crippen MR) is 64.3 cm³/mol. The highest BCUT2D eigenvalue weighted by molar-refractivity contribution is 5.87. The van der Waals surface area contributed by atoms with Crippen LogP contribution in [0.3, 0.4) is 0 Å². The minimum absolute atomic E-state index is 0.179. The number of aromatic carboxylic acids is 1. The Kier molecular flexibility index (Phi) is 3.53. The van der Waals surface area contributed by atoms with E-state index >= 15 is 0 Å². The van der Waals surface area contributed by atoms with Gasteiger partial charge in [-0.05, 0) is 26.1 Å². The Bertz CT molecular complexity index is 541. The van der Waals surface area contributed by atoms with Crippen molar-refractivity contribution in [1.82, 2.24) is 4.90 Å². The molecule has 0 amide bonds. The monoisotopic (exact) mass is 249 g/mol. The normalized spacial score (nSPS) is 11.1. The molecule has 0 saturated heterocycles. The standard InChI is InChI=1S/C13H15NO4/c1-9-10(3-4-17-9)6-14(2)7-12-5-11(8-18-12)13(15)16/h3-5,8H,6-7H2,1-2H3,(H,15,16). The molecule has 5 nitrogen and oxygen atoms in total. The summed E-state index contributed by atoms with van der Waals surface area (Å²) in [7, 11) is 1.94. The summed E-state index contributed by atoms with van der Waals surface area (Å²) in [6.07, 6.45) is 2.92. The molecule has 2 heterocycles. The topological polar surface area (TPSA) is 66.8 Å². The Morgan fingerprint density at radius 1 is 1.39 bits per heavy atom. The van der Waals surface area contributed by atoms with Crippen molar-refractivity contribution in [1.29, 1.82) is 0 Å². The first-order valence-corrected chi connectivity index (χ1v) is 5.58. The highest BCUT2D eigenvalue weighted by Crippen LogP contribution is 2.14. The number of hydrogen-bond acceptors (Lipinski definition) is 4. The third-order valence-corrected chi connectivity index (χ3v) is 2.73. The summed E-state index contributed by atoms with van der Waals surface area (Å²) in [6.45, 7) is 3.20. The SMILES string of the molecule is Cc1occc1CN(C)Cc1cc(C(=O)O)co1. The highest BCUT2D eigenvalue weighted by atomic mass is 16.4. The molecule has 0 aliphatic rings. The van der Waals surface area contributed by atoms with Crippen molar-refractivity contribution in [2.24, 2.45) is 0 Å². The van der Waals surface area contributed by atoms with Gasteiger partial charge in [0, 0.05) is 12.1 Å². The van der Waals surface area contributed by atoms with Crippen LogP contribution in [0.2, 0.25) is 0 Å². The van der Waals surface area contributed by atoms with Crippen LogP contribution in [0.15, 0.2) is 33.5 Å². The number of furan rings is 2. The second-order valence-corrected chi connectivity index (χ2v) is 4.28. The summed E-state index contributed by atoms with van der Waals surface area (Å²) in [4.78, 5) is 12.7. The van der Waals surface area contributed by atoms with E-state index in [9.17, 15) is 4.79 Å². The Labute approximate surface area is 105 Å². The summed E-state index contributed by atoms with van der Waals surface area (Å²) in [6, 6.07) is 3.47. The van der Waals surface area contributed by atoms with Gasteiger partial charge in [0.1, 0.15) is 17.8 Å². The number of nitrogens with zero attached hydrogens (tertiary/aromatic N) is 1. The van der Waals surface area contributed by atoms with Crippen molar-refractivity contribution in [2.45, 2.75) is 20.0 Å². The van der Waals surface area contributed by atoms with Crippen LogP contribution in [0.25, 0.3) is 0 Å². The van der Waals surface area contributed by atoms with Gasteiger partial charge in [-0.15, -0.1) is 0 Å². The summed E-state index contributed by atoms with van der Waals surface area (Å²) >= 11 is 0. The molecule has 18 heavy (non-hydrogen) atoms. The lowest BCUT2D eigenvalue weighted by Gasteiger charge is -2.14. The molecule has 0 unspecified atom stereocenters. The van der Waals surface area contributed by atoms with E-state index in [2.05, 4.69) is 0 Å². The Morgan fingerprint density at radius 3 is 2.72 bits per heavy atom. The maximum absolute atomic E-state index is 10.7. The van der Waals surface area contributed by atoms with E-state index in [0.29, 0.717) is 12.3 Å². The van der Waals surface area contributed by atoms with Crippen LogP contribution in [-0.4, -0.2) is 23.0 Å². The smallest absolute Gasteiger partial charge is 0.338 e. The van der Waals surface area contributed by atoms with Gasteiger partial charge in [0.15, 0.2) is 0 Å². The molecule has 0 saturated carbocycles. The molecule has 0 atom stereocenters. The van der Waals surface area contributed by atoms with Crippen molar-refractivity contribution in [3.05, 3.63) is 47.3 Å². The second kappa shape index (κ2) is 5.10. The van der Waals surface area contributed by atoms with Crippen LogP contribution in [0.5, 0.6) is 0 Å². The molecule has 96 valence electrons. The zero-order chi connectivity index (χ0) is 13.1. The second-order valence-electron chi connectivity index (χ2n) is 4.28. The molecular formula is C13H15NO4. The quantitative estimate of drug-likeness (QED) is 0.881. The van der Waals surface area contributed by atoms with E-state index in [4.69, 9.17) is 13.9 Å². The van der Waals surface area contributed by atoms with E-state index in [1.54, 1.807) is 12.3 Å². The van der Waals surface area contributed by atoms with Gasteiger partial charge >= 0.3 is 5.97 Å². The van der Waals surface area contributed by atoms with Crippen LogP contribution in [0.4, 0.5) is 0 Å². The number of aryl methyl sites for hydroxylation is 1. The Morgan fingerprint density at radius 2 is 2.17 bits per heavy atom. The van der Waals surface area contributed by atoms with Gasteiger partial charge in [0.05, 0.1) is 18.4 Å². The summed E-state index contributed by atoms with van der Waals surface area (Å²) < 4.78 is 10.4. The van der Waals surface area contributed by atoms with Gasteiger partial charge < -0.3 is 13.9 Å². The maximum Gasteiger partial charge on any atom is 0.338 e. The number of carboxylic acid groups (broad SMARTS) is 1. The predicted octanol–water partition coefficient (Wildman–Crippen LogP) is 2.51. The summed E-state index contributed by atoms with van der Waals surface area (Å²) in [5.41, 5.74) is 1.29. The Hall–Kier alpha value is -2.01. The molecule has 2 aromatic rings. The number of rotatable bonds is 5. The summed E-state index contributed by atoms with van der Waals surface area (Å²) in [5, 5.41) is 8.79. The van der Waals surface area contributed by atoms with Gasteiger partial charge in [-0.2, -0.15) is 0 Å². The fraction of sp³-hybridized carbons (Fsp3) is 0.308. The van der Waals surface area contributed by atoms with E-state index in [-0.39, 0.29) is 5.56 Å². The van der Waals surface area contributed by atoms with E-state index in [0.717, 1.165) is 17.9 Å². The van der Waals surface area contributed by atoms with Crippen LogP contribution in [0, 0.1) is 6.92 Å². The van der Waals surface area contributed by atoms with Crippen molar-refractivity contribution < 1.29 is 18.7 Å². The molecule has 0 bridgehead atoms. The fourth-order valence-corrected chi connectivity index (χ4v) is 1.76. The average Bonchev–Trinajstić information content (AvgIpc) is 2.89. The van der Waals surface area contributed by atoms with Gasteiger partial charge in [-0.25, -0.2) is 4.79 Å². The van der Waals surface area contributed by atoms with Crippen LogP contribution in [-0.2, 0) is 13.1 Å². The first-order valence-electron chi connectivity index (χ1n) is 5.58. The molecule has 5 heteroatoms. The minimum atomic E-state index is -0.974. The first kappa shape index (κ1) is 12.4. The van der Waals surface area contributed by atoms with Crippen molar-refractivity contribution in [3.63, 3.8) is 0 Å². The molecule has 1 N–H and O–H groups in total. The number of carboxylic acids is 1. The number of carbonyl (C=O) groups is 1. The molecule has 2 rings (SSSR count). The lowest BCUT2D eigenvalue weighted by atomic mass is 10.2. The zero-order valence-electron chi connectivity index (χ0n) is 10.3. The fourth-order valence-electron chi connectivity index (χ4n) is 1.76. The van der Waals surface area contributed by atoms with Gasteiger partial charge in [-0.1, -0.05) is 0 Å². The molecule has 2 aromatic heterocycles. The molecule has 0 fully saturated rings. The van der Waals surface area contributed by atoms with Crippen LogP contribution in [0.1, 0.15) is 27.4 Å². The maximum atomic E-state index is 10.7. The third kappa shape index (κ3) is 2.81. The molecule has 0 aliphatic heterocycles. The average molecular weight is 249 g/mol. The molecular weight excluding hydrogens is 234 g/mol. The van der Waals surface area contributed by atoms with E-state index in [1.807, 2.05) is 24.9 Å². The minimum Gasteiger partial charge on any atom is -0.478 e. The highest BCUT2D eigenvalue weighted by Gasteiger charge is 2.11. The van der Waals surface area contributed by atoms with Crippen LogP contribution >= 0.6 is 0 Å². The molecule has 0 radical (unpaired) electrons. The number of hydrogen-bond donors (Lipinski definition) is 1. The summed E-state index contributed by atoms with van der Waals surface area (Å²) in [5.74, 6) is 0.557. The molecule has 0 aromatic carbocycles. The third-order valence-electron chi connectivity index (χ3n) is 2.73. The van der Waals surface area contributed by atoms with Crippen molar-refractivity contribution in [2.75, 3.05) is 7.05 Å². The van der Waals surface area contributed by atoms with Gasteiger partial charge in [-0.3, -0.25) is 4.90 Å². The van der Waals surface area contributed by atoms with Gasteiger partial charge in [0.25, 0.3) is 0 Å². The lowest BCUT2D eigenvalue weighted by molar-refractivity contribution is 0.0696. The van der Waals surface area contributed by atoms with E-state index in [1.165, 1.54) is 6.26 Å².